The van der Waals surface area contributed by atoms with Gasteiger partial charge in [-0.2, -0.15) is 5.10 Å². The van der Waals surface area contributed by atoms with Crippen molar-refractivity contribution in [1.82, 2.24) is 9.78 Å². The molecule has 0 aliphatic carbocycles. The second-order valence-corrected chi connectivity index (χ2v) is 4.16. The molecule has 2 aromatic rings. The van der Waals surface area contributed by atoms with Crippen molar-refractivity contribution in [2.24, 2.45) is 5.73 Å². The number of rotatable bonds is 2. The maximum absolute atomic E-state index is 5.59. The second kappa shape index (κ2) is 4.10. The van der Waals surface area contributed by atoms with Gasteiger partial charge >= 0.3 is 0 Å². The molecule has 3 nitrogen and oxygen atoms in total. The van der Waals surface area contributed by atoms with Gasteiger partial charge < -0.3 is 5.73 Å². The first-order valence-corrected chi connectivity index (χ1v) is 5.45. The van der Waals surface area contributed by atoms with Gasteiger partial charge in [0, 0.05) is 12.2 Å². The molecule has 0 amide bonds. The molecule has 0 fully saturated rings. The molecule has 1 aromatic carbocycles. The van der Waals surface area contributed by atoms with E-state index in [0.29, 0.717) is 6.54 Å². The lowest BCUT2D eigenvalue weighted by atomic mass is 10.1. The van der Waals surface area contributed by atoms with Crippen LogP contribution in [0.2, 0.25) is 0 Å². The van der Waals surface area contributed by atoms with Gasteiger partial charge in [-0.15, -0.1) is 0 Å². The highest BCUT2D eigenvalue weighted by Crippen LogP contribution is 2.16. The Kier molecular flexibility index (Phi) is 2.79. The van der Waals surface area contributed by atoms with Gasteiger partial charge in [-0.1, -0.05) is 6.07 Å². The topological polar surface area (TPSA) is 43.8 Å². The van der Waals surface area contributed by atoms with Crippen molar-refractivity contribution in [2.75, 3.05) is 0 Å². The summed E-state index contributed by atoms with van der Waals surface area (Å²) >= 11 is 0. The molecule has 16 heavy (non-hydrogen) atoms. The summed E-state index contributed by atoms with van der Waals surface area (Å²) < 4.78 is 1.94. The molecule has 1 aromatic heterocycles. The van der Waals surface area contributed by atoms with E-state index in [-0.39, 0.29) is 0 Å². The van der Waals surface area contributed by atoms with E-state index in [1.165, 1.54) is 11.1 Å². The Morgan fingerprint density at radius 1 is 1.12 bits per heavy atom. The van der Waals surface area contributed by atoms with Crippen molar-refractivity contribution in [3.63, 3.8) is 0 Å². The van der Waals surface area contributed by atoms with Gasteiger partial charge in [-0.3, -0.25) is 0 Å². The minimum Gasteiger partial charge on any atom is -0.325 e. The van der Waals surface area contributed by atoms with Crippen LogP contribution in [0.25, 0.3) is 5.69 Å². The fourth-order valence-electron chi connectivity index (χ4n) is 1.76. The molecule has 0 saturated carbocycles. The number of hydrogen-bond acceptors (Lipinski definition) is 2. The first-order valence-electron chi connectivity index (χ1n) is 5.45. The van der Waals surface area contributed by atoms with Crippen molar-refractivity contribution < 1.29 is 0 Å². The largest absolute Gasteiger partial charge is 0.325 e. The van der Waals surface area contributed by atoms with E-state index >= 15 is 0 Å². The normalized spacial score (nSPS) is 10.8. The Labute approximate surface area is 95.9 Å². The van der Waals surface area contributed by atoms with Crippen molar-refractivity contribution in [3.05, 3.63) is 46.8 Å². The number of benzene rings is 1. The van der Waals surface area contributed by atoms with Crippen LogP contribution in [-0.4, -0.2) is 9.78 Å². The van der Waals surface area contributed by atoms with Crippen LogP contribution in [0.3, 0.4) is 0 Å². The molecule has 0 aliphatic heterocycles. The molecule has 0 unspecified atom stereocenters. The van der Waals surface area contributed by atoms with Crippen LogP contribution in [0.4, 0.5) is 0 Å². The summed E-state index contributed by atoms with van der Waals surface area (Å²) in [6, 6.07) is 8.38. The van der Waals surface area contributed by atoms with Gasteiger partial charge in [0.25, 0.3) is 0 Å². The lowest BCUT2D eigenvalue weighted by Gasteiger charge is -2.07. The van der Waals surface area contributed by atoms with E-state index < -0.39 is 0 Å². The zero-order valence-electron chi connectivity index (χ0n) is 9.99. The summed E-state index contributed by atoms with van der Waals surface area (Å²) in [5.41, 5.74) is 11.3. The summed E-state index contributed by atoms with van der Waals surface area (Å²) in [5.74, 6) is 0. The zero-order chi connectivity index (χ0) is 11.7. The summed E-state index contributed by atoms with van der Waals surface area (Å²) in [6.07, 6.45) is 0. The molecule has 84 valence electrons. The van der Waals surface area contributed by atoms with E-state index in [2.05, 4.69) is 37.1 Å². The predicted octanol–water partition coefficient (Wildman–Crippen LogP) is 2.26. The fraction of sp³-hybridized carbons (Fsp3) is 0.308. The maximum Gasteiger partial charge on any atom is 0.0767 e. The molecule has 0 aliphatic rings. The van der Waals surface area contributed by atoms with Crippen molar-refractivity contribution in [2.45, 2.75) is 27.3 Å². The van der Waals surface area contributed by atoms with Gasteiger partial charge in [-0.25, -0.2) is 4.68 Å². The Hall–Kier alpha value is -1.61. The van der Waals surface area contributed by atoms with E-state index in [1.807, 2.05) is 17.7 Å². The maximum atomic E-state index is 5.59. The Bertz CT molecular complexity index is 512. The number of hydrogen-bond donors (Lipinski definition) is 1. The average molecular weight is 215 g/mol. The molecule has 2 rings (SSSR count). The third-order valence-electron chi connectivity index (χ3n) is 2.88. The molecule has 0 saturated heterocycles. The molecular formula is C13H17N3. The summed E-state index contributed by atoms with van der Waals surface area (Å²) in [4.78, 5) is 0. The summed E-state index contributed by atoms with van der Waals surface area (Å²) in [5, 5.41) is 4.46. The molecule has 0 bridgehead atoms. The summed E-state index contributed by atoms with van der Waals surface area (Å²) in [6.45, 7) is 6.75. The zero-order valence-corrected chi connectivity index (χ0v) is 9.99. The number of nitrogens with zero attached hydrogens (tertiary/aromatic N) is 2. The lowest BCUT2D eigenvalue weighted by molar-refractivity contribution is 0.811. The first-order chi connectivity index (χ1) is 7.61. The first kappa shape index (κ1) is 10.9. The van der Waals surface area contributed by atoms with Gasteiger partial charge in [-0.05, 0) is 50.1 Å². The van der Waals surface area contributed by atoms with Crippen molar-refractivity contribution >= 4 is 0 Å². The van der Waals surface area contributed by atoms with Gasteiger partial charge in [0.2, 0.25) is 0 Å². The predicted molar refractivity (Wildman–Crippen MR) is 65.7 cm³/mol. The highest BCUT2D eigenvalue weighted by Gasteiger charge is 2.05. The Morgan fingerprint density at radius 3 is 2.44 bits per heavy atom. The standard InChI is InChI=1S/C13H17N3/c1-9-4-5-13(6-10(9)2)16-11(3)7-12(8-14)15-16/h4-7H,8,14H2,1-3H3. The third kappa shape index (κ3) is 1.86. The van der Waals surface area contributed by atoms with Crippen LogP contribution in [-0.2, 0) is 6.54 Å². The molecule has 2 N–H and O–H groups in total. The molecule has 0 spiro atoms. The molecule has 0 radical (unpaired) electrons. The minimum atomic E-state index is 0.485. The average Bonchev–Trinajstić information content (AvgIpc) is 2.64. The Morgan fingerprint density at radius 2 is 1.88 bits per heavy atom. The Balaban J connectivity index is 2.49. The van der Waals surface area contributed by atoms with Crippen LogP contribution in [0.5, 0.6) is 0 Å². The monoisotopic (exact) mass is 215 g/mol. The molecule has 3 heteroatoms. The van der Waals surface area contributed by atoms with Crippen LogP contribution in [0.15, 0.2) is 24.3 Å². The fourth-order valence-corrected chi connectivity index (χ4v) is 1.76. The summed E-state index contributed by atoms with van der Waals surface area (Å²) in [7, 11) is 0. The lowest BCUT2D eigenvalue weighted by Crippen LogP contribution is -2.02. The smallest absolute Gasteiger partial charge is 0.0767 e. The quantitative estimate of drug-likeness (QED) is 0.835. The van der Waals surface area contributed by atoms with E-state index in [0.717, 1.165) is 17.1 Å². The van der Waals surface area contributed by atoms with E-state index in [9.17, 15) is 0 Å². The van der Waals surface area contributed by atoms with Gasteiger partial charge in [0.15, 0.2) is 0 Å². The number of aryl methyl sites for hydroxylation is 3. The van der Waals surface area contributed by atoms with Crippen molar-refractivity contribution in [1.29, 1.82) is 0 Å². The highest BCUT2D eigenvalue weighted by molar-refractivity contribution is 5.40. The van der Waals surface area contributed by atoms with E-state index in [4.69, 9.17) is 5.73 Å². The molecular weight excluding hydrogens is 198 g/mol. The number of aromatic nitrogens is 2. The number of nitrogens with two attached hydrogens (primary N) is 1. The van der Waals surface area contributed by atoms with Crippen LogP contribution in [0.1, 0.15) is 22.5 Å². The SMILES string of the molecule is Cc1ccc(-n2nc(CN)cc2C)cc1C. The third-order valence-corrected chi connectivity index (χ3v) is 2.88. The molecule has 1 heterocycles. The van der Waals surface area contributed by atoms with Crippen LogP contribution >= 0.6 is 0 Å². The van der Waals surface area contributed by atoms with Gasteiger partial charge in [0.05, 0.1) is 11.4 Å². The van der Waals surface area contributed by atoms with Crippen molar-refractivity contribution in [3.8, 4) is 5.69 Å². The van der Waals surface area contributed by atoms with Crippen LogP contribution < -0.4 is 5.73 Å². The van der Waals surface area contributed by atoms with Gasteiger partial charge in [0.1, 0.15) is 0 Å². The molecule has 0 atom stereocenters. The minimum absolute atomic E-state index is 0.485. The highest BCUT2D eigenvalue weighted by atomic mass is 15.3. The van der Waals surface area contributed by atoms with E-state index in [1.54, 1.807) is 0 Å². The second-order valence-electron chi connectivity index (χ2n) is 4.16. The van der Waals surface area contributed by atoms with Crippen LogP contribution in [0, 0.1) is 20.8 Å².